The summed E-state index contributed by atoms with van der Waals surface area (Å²) in [4.78, 5) is 56.9. The van der Waals surface area contributed by atoms with Crippen LogP contribution >= 0.6 is 0 Å². The molecule has 1 saturated heterocycles. The van der Waals surface area contributed by atoms with Crippen molar-refractivity contribution in [2.75, 3.05) is 31.1 Å². The maximum atomic E-state index is 15.2. The molecule has 11 nitrogen and oxygen atoms in total. The second kappa shape index (κ2) is 15.7. The minimum absolute atomic E-state index is 0.0473. The van der Waals surface area contributed by atoms with Crippen LogP contribution in [0.4, 0.5) is 28.0 Å². The van der Waals surface area contributed by atoms with E-state index in [1.165, 1.54) is 13.0 Å². The number of benzene rings is 3. The smallest absolute Gasteiger partial charge is 0.416 e. The van der Waals surface area contributed by atoms with E-state index in [2.05, 4.69) is 10.2 Å². The number of aromatic carboxylic acids is 1. The zero-order valence-corrected chi connectivity index (χ0v) is 29.7. The van der Waals surface area contributed by atoms with Crippen LogP contribution in [0.25, 0.3) is 0 Å². The van der Waals surface area contributed by atoms with Crippen molar-refractivity contribution < 1.29 is 37.0 Å². The van der Waals surface area contributed by atoms with Crippen LogP contribution in [0.15, 0.2) is 82.4 Å². The number of halogens is 4. The van der Waals surface area contributed by atoms with E-state index in [1.54, 1.807) is 68.1 Å². The molecule has 0 unspecified atom stereocenters. The Bertz CT molecular complexity index is 2080. The van der Waals surface area contributed by atoms with Crippen LogP contribution < -0.4 is 21.5 Å². The molecule has 2 N–H and O–H groups in total. The van der Waals surface area contributed by atoms with Crippen LogP contribution in [0, 0.1) is 12.7 Å². The van der Waals surface area contributed by atoms with Crippen molar-refractivity contribution >= 4 is 17.7 Å². The molecule has 282 valence electrons. The molecule has 1 fully saturated rings. The molecule has 0 saturated carbocycles. The maximum absolute atomic E-state index is 15.2. The Balaban J connectivity index is 1.57. The Kier molecular flexibility index (Phi) is 11.5. The number of carbonyl (C=O) groups excluding carboxylic acids is 1. The van der Waals surface area contributed by atoms with Gasteiger partial charge < -0.3 is 20.1 Å². The van der Waals surface area contributed by atoms with Crippen molar-refractivity contribution in [1.82, 2.24) is 19.4 Å². The molecule has 0 radical (unpaired) electrons. The minimum atomic E-state index is -4.93. The quantitative estimate of drug-likeness (QED) is 0.195. The molecule has 4 aromatic rings. The summed E-state index contributed by atoms with van der Waals surface area (Å²) < 4.78 is 64.7. The first-order valence-electron chi connectivity index (χ1n) is 17.0. The van der Waals surface area contributed by atoms with Crippen molar-refractivity contribution in [3.05, 3.63) is 133 Å². The molecule has 0 aliphatic carbocycles. The number of ether oxygens (including phenoxy) is 1. The molecule has 2 heterocycles. The number of nitrogens with one attached hydrogen (secondary N) is 1. The van der Waals surface area contributed by atoms with Crippen LogP contribution in [0.2, 0.25) is 0 Å². The van der Waals surface area contributed by atoms with E-state index >= 15 is 4.39 Å². The van der Waals surface area contributed by atoms with E-state index in [4.69, 9.17) is 4.74 Å². The Morgan fingerprint density at radius 2 is 1.55 bits per heavy atom. The van der Waals surface area contributed by atoms with Crippen LogP contribution in [0.3, 0.4) is 0 Å². The SMILES string of the molecule is Cc1c(N2CCN(Cc3cccc(C(=O)O)c3)CC2)c(=O)n(C[C@H](NC(=O)OC(C)(C)C)c2ccccc2)c(=O)n1Cc1c(F)cccc1C(F)(F)F. The van der Waals surface area contributed by atoms with Gasteiger partial charge in [0.25, 0.3) is 5.56 Å². The summed E-state index contributed by atoms with van der Waals surface area (Å²) in [6.45, 7) is 7.04. The molecular weight excluding hydrogens is 698 g/mol. The maximum Gasteiger partial charge on any atom is 0.416 e. The predicted octanol–water partition coefficient (Wildman–Crippen LogP) is 5.81. The Morgan fingerprint density at radius 1 is 0.887 bits per heavy atom. The van der Waals surface area contributed by atoms with E-state index < -0.39 is 71.2 Å². The summed E-state index contributed by atoms with van der Waals surface area (Å²) in [7, 11) is 0. The molecule has 1 aromatic heterocycles. The van der Waals surface area contributed by atoms with Crippen molar-refractivity contribution in [2.24, 2.45) is 0 Å². The summed E-state index contributed by atoms with van der Waals surface area (Å²) in [5.41, 5.74) is -3.07. The average Bonchev–Trinajstić information content (AvgIpc) is 3.08. The monoisotopic (exact) mass is 739 g/mol. The van der Waals surface area contributed by atoms with Gasteiger partial charge in [0, 0.05) is 44.0 Å². The van der Waals surface area contributed by atoms with E-state index in [9.17, 15) is 37.5 Å². The fraction of sp³-hybridized carbons (Fsp3) is 0.368. The largest absolute Gasteiger partial charge is 0.478 e. The van der Waals surface area contributed by atoms with Crippen molar-refractivity contribution in [2.45, 2.75) is 65.1 Å². The van der Waals surface area contributed by atoms with E-state index in [-0.39, 0.29) is 30.0 Å². The number of alkyl halides is 3. The van der Waals surface area contributed by atoms with Gasteiger partial charge in [-0.25, -0.2) is 18.8 Å². The molecule has 1 atom stereocenters. The second-order valence-corrected chi connectivity index (χ2v) is 13.9. The molecule has 0 spiro atoms. The van der Waals surface area contributed by atoms with Crippen LogP contribution in [0.1, 0.15) is 65.1 Å². The van der Waals surface area contributed by atoms with Gasteiger partial charge in [0.05, 0.1) is 30.3 Å². The molecule has 53 heavy (non-hydrogen) atoms. The van der Waals surface area contributed by atoms with Gasteiger partial charge in [0.1, 0.15) is 17.1 Å². The zero-order chi connectivity index (χ0) is 38.7. The summed E-state index contributed by atoms with van der Waals surface area (Å²) in [5, 5.41) is 12.1. The third-order valence-corrected chi connectivity index (χ3v) is 8.92. The predicted molar refractivity (Wildman–Crippen MR) is 190 cm³/mol. The number of carboxylic acid groups (broad SMARTS) is 1. The van der Waals surface area contributed by atoms with Crippen molar-refractivity contribution in [1.29, 1.82) is 0 Å². The highest BCUT2D eigenvalue weighted by atomic mass is 19.4. The number of amides is 1. The van der Waals surface area contributed by atoms with Crippen LogP contribution in [-0.2, 0) is 30.5 Å². The Hall–Kier alpha value is -5.44. The lowest BCUT2D eigenvalue weighted by Gasteiger charge is -2.37. The highest BCUT2D eigenvalue weighted by molar-refractivity contribution is 5.87. The van der Waals surface area contributed by atoms with Gasteiger partial charge in [-0.15, -0.1) is 0 Å². The molecule has 1 aliphatic heterocycles. The molecule has 3 aromatic carbocycles. The van der Waals surface area contributed by atoms with Gasteiger partial charge in [-0.05, 0) is 63.1 Å². The van der Waals surface area contributed by atoms with Gasteiger partial charge >= 0.3 is 23.9 Å². The zero-order valence-electron chi connectivity index (χ0n) is 29.7. The van der Waals surface area contributed by atoms with Gasteiger partial charge in [-0.3, -0.25) is 18.8 Å². The molecule has 1 aliphatic rings. The minimum Gasteiger partial charge on any atom is -0.478 e. The van der Waals surface area contributed by atoms with Gasteiger partial charge in [0.15, 0.2) is 0 Å². The third kappa shape index (κ3) is 9.33. The number of piperazine rings is 1. The van der Waals surface area contributed by atoms with E-state index in [0.717, 1.165) is 32.9 Å². The summed E-state index contributed by atoms with van der Waals surface area (Å²) in [6.07, 6.45) is -5.75. The summed E-state index contributed by atoms with van der Waals surface area (Å²) >= 11 is 0. The number of carbonyl (C=O) groups is 2. The summed E-state index contributed by atoms with van der Waals surface area (Å²) in [6, 6.07) is 16.6. The van der Waals surface area contributed by atoms with Crippen molar-refractivity contribution in [3.8, 4) is 0 Å². The molecular formula is C38H41F4N5O6. The number of hydrogen-bond donors (Lipinski definition) is 2. The lowest BCUT2D eigenvalue weighted by atomic mass is 10.1. The molecule has 0 bridgehead atoms. The normalized spacial score (nSPS) is 14.5. The fourth-order valence-corrected chi connectivity index (χ4v) is 6.38. The number of alkyl carbamates (subject to hydrolysis) is 1. The first kappa shape index (κ1) is 38.8. The highest BCUT2D eigenvalue weighted by Gasteiger charge is 2.35. The van der Waals surface area contributed by atoms with Crippen molar-refractivity contribution in [3.63, 3.8) is 0 Å². The Labute approximate surface area is 303 Å². The van der Waals surface area contributed by atoms with Crippen LogP contribution in [-0.4, -0.2) is 63.0 Å². The fourth-order valence-electron chi connectivity index (χ4n) is 6.38. The van der Waals surface area contributed by atoms with Crippen LogP contribution in [0.5, 0.6) is 0 Å². The van der Waals surface area contributed by atoms with Gasteiger partial charge in [-0.1, -0.05) is 48.5 Å². The Morgan fingerprint density at radius 3 is 2.17 bits per heavy atom. The van der Waals surface area contributed by atoms with E-state index in [0.29, 0.717) is 25.2 Å². The summed E-state index contributed by atoms with van der Waals surface area (Å²) in [5.74, 6) is -2.22. The highest BCUT2D eigenvalue weighted by Crippen LogP contribution is 2.34. The third-order valence-electron chi connectivity index (χ3n) is 8.92. The number of nitrogens with zero attached hydrogens (tertiary/aromatic N) is 4. The number of rotatable bonds is 10. The van der Waals surface area contributed by atoms with Gasteiger partial charge in [-0.2, -0.15) is 13.2 Å². The second-order valence-electron chi connectivity index (χ2n) is 13.9. The number of carboxylic acids is 1. The number of aromatic nitrogens is 2. The number of anilines is 1. The topological polar surface area (TPSA) is 126 Å². The lowest BCUT2D eigenvalue weighted by Crippen LogP contribution is -2.51. The first-order valence-corrected chi connectivity index (χ1v) is 17.0. The number of hydrogen-bond acceptors (Lipinski definition) is 7. The van der Waals surface area contributed by atoms with E-state index in [1.807, 2.05) is 6.07 Å². The lowest BCUT2D eigenvalue weighted by molar-refractivity contribution is -0.138. The first-order chi connectivity index (χ1) is 24.9. The molecule has 1 amide bonds. The average molecular weight is 740 g/mol. The molecule has 5 rings (SSSR count). The molecule has 15 heteroatoms. The van der Waals surface area contributed by atoms with Gasteiger partial charge in [0.2, 0.25) is 0 Å². The standard InChI is InChI=1S/C38H41F4N5O6/c1-24-32(45-18-16-44(17-19-45)21-25-10-8-13-27(20-25)34(49)50)33(48)47(23-31(26-11-6-5-7-12-26)43-35(51)53-37(2,3)4)36(52)46(24)22-28-29(38(40,41)42)14-9-15-30(28)39/h5-15,20,31H,16-19,21-23H2,1-4H3,(H,43,51)(H,49,50)/t31-/m0/s1.